The predicted molar refractivity (Wildman–Crippen MR) is 82.5 cm³/mol. The largest absolute Gasteiger partial charge is 0.497 e. The number of anilines is 1. The molecule has 0 atom stereocenters. The van der Waals surface area contributed by atoms with Crippen LogP contribution in [0.5, 0.6) is 5.75 Å². The van der Waals surface area contributed by atoms with Crippen molar-refractivity contribution in [2.24, 2.45) is 0 Å². The molecule has 0 saturated carbocycles. The fourth-order valence-electron chi connectivity index (χ4n) is 2.38. The van der Waals surface area contributed by atoms with Gasteiger partial charge in [-0.05, 0) is 18.2 Å². The van der Waals surface area contributed by atoms with Crippen molar-refractivity contribution in [3.05, 3.63) is 34.6 Å². The first kappa shape index (κ1) is 14.4. The van der Waals surface area contributed by atoms with Gasteiger partial charge < -0.3 is 24.7 Å². The third-order valence-electron chi connectivity index (χ3n) is 3.63. The molecule has 2 heterocycles. The molecule has 2 amide bonds. The van der Waals surface area contributed by atoms with Gasteiger partial charge >= 0.3 is 6.03 Å². The Morgan fingerprint density at radius 2 is 2.14 bits per heavy atom. The molecule has 2 N–H and O–H groups in total. The summed E-state index contributed by atoms with van der Waals surface area (Å²) in [6.07, 6.45) is 1.51. The van der Waals surface area contributed by atoms with E-state index in [0.717, 1.165) is 0 Å². The maximum Gasteiger partial charge on any atom is 0.322 e. The number of morpholine rings is 1. The molecule has 2 aromatic rings. The predicted octanol–water partition coefficient (Wildman–Crippen LogP) is 1.40. The molecule has 7 nitrogen and oxygen atoms in total. The minimum absolute atomic E-state index is 0.220. The van der Waals surface area contributed by atoms with Crippen LogP contribution in [0.4, 0.5) is 10.5 Å². The van der Waals surface area contributed by atoms with Crippen LogP contribution in [0.3, 0.4) is 0 Å². The number of hydrogen-bond donors (Lipinski definition) is 2. The second-order valence-corrected chi connectivity index (χ2v) is 4.97. The molecule has 116 valence electrons. The van der Waals surface area contributed by atoms with Gasteiger partial charge in [-0.2, -0.15) is 0 Å². The summed E-state index contributed by atoms with van der Waals surface area (Å²) in [4.78, 5) is 29.3. The molecular weight excluding hydrogens is 286 g/mol. The van der Waals surface area contributed by atoms with Gasteiger partial charge in [0.25, 0.3) is 0 Å². The highest BCUT2D eigenvalue weighted by molar-refractivity contribution is 5.92. The van der Waals surface area contributed by atoms with Crippen molar-refractivity contribution < 1.29 is 14.3 Å². The number of aromatic amines is 1. The summed E-state index contributed by atoms with van der Waals surface area (Å²) < 4.78 is 10.3. The van der Waals surface area contributed by atoms with Crippen molar-refractivity contribution >= 4 is 22.6 Å². The van der Waals surface area contributed by atoms with Gasteiger partial charge in [-0.3, -0.25) is 4.79 Å². The Morgan fingerprint density at radius 3 is 2.86 bits per heavy atom. The molecule has 1 aliphatic heterocycles. The van der Waals surface area contributed by atoms with E-state index >= 15 is 0 Å². The number of amides is 2. The zero-order chi connectivity index (χ0) is 15.5. The van der Waals surface area contributed by atoms with E-state index < -0.39 is 0 Å². The number of methoxy groups -OCH3 is 1. The molecule has 1 aromatic heterocycles. The number of H-pyrrole nitrogens is 1. The first-order valence-corrected chi connectivity index (χ1v) is 7.02. The zero-order valence-corrected chi connectivity index (χ0v) is 12.2. The van der Waals surface area contributed by atoms with Crippen molar-refractivity contribution in [1.29, 1.82) is 0 Å². The van der Waals surface area contributed by atoms with Gasteiger partial charge in [0.15, 0.2) is 0 Å². The smallest absolute Gasteiger partial charge is 0.322 e. The second-order valence-electron chi connectivity index (χ2n) is 4.97. The first-order chi connectivity index (χ1) is 10.7. The van der Waals surface area contributed by atoms with Crippen LogP contribution in [0.25, 0.3) is 10.9 Å². The Kier molecular flexibility index (Phi) is 3.97. The average molecular weight is 303 g/mol. The number of benzene rings is 1. The van der Waals surface area contributed by atoms with E-state index in [1.807, 2.05) is 0 Å². The van der Waals surface area contributed by atoms with Crippen LogP contribution in [-0.4, -0.2) is 49.3 Å². The SMILES string of the molecule is COc1ccc2[nH]cc(NC(=O)N3CCOCC3)c(=O)c2c1. The lowest BCUT2D eigenvalue weighted by atomic mass is 10.2. The number of urea groups is 1. The van der Waals surface area contributed by atoms with Crippen LogP contribution in [0.2, 0.25) is 0 Å². The number of fused-ring (bicyclic) bond motifs is 1. The van der Waals surface area contributed by atoms with Crippen molar-refractivity contribution in [3.63, 3.8) is 0 Å². The summed E-state index contributed by atoms with van der Waals surface area (Å²) in [6, 6.07) is 4.89. The van der Waals surface area contributed by atoms with Crippen molar-refractivity contribution in [1.82, 2.24) is 9.88 Å². The third kappa shape index (κ3) is 2.75. The van der Waals surface area contributed by atoms with E-state index in [1.54, 1.807) is 30.2 Å². The fourth-order valence-corrected chi connectivity index (χ4v) is 2.38. The standard InChI is InChI=1S/C15H17N3O4/c1-21-10-2-3-12-11(8-10)14(19)13(9-16-12)17-15(20)18-4-6-22-7-5-18/h2-3,8-9H,4-7H2,1H3,(H,16,19)(H,17,20). The lowest BCUT2D eigenvalue weighted by Gasteiger charge is -2.26. The molecule has 22 heavy (non-hydrogen) atoms. The van der Waals surface area contributed by atoms with E-state index in [9.17, 15) is 9.59 Å². The molecule has 1 fully saturated rings. The Balaban J connectivity index is 1.88. The van der Waals surface area contributed by atoms with E-state index in [-0.39, 0.29) is 17.1 Å². The number of nitrogens with zero attached hydrogens (tertiary/aromatic N) is 1. The topological polar surface area (TPSA) is 83.7 Å². The van der Waals surface area contributed by atoms with Crippen LogP contribution in [0.15, 0.2) is 29.2 Å². The van der Waals surface area contributed by atoms with Crippen LogP contribution in [0.1, 0.15) is 0 Å². The number of pyridine rings is 1. The molecular formula is C15H17N3O4. The lowest BCUT2D eigenvalue weighted by molar-refractivity contribution is 0.0564. The molecule has 0 unspecified atom stereocenters. The van der Waals surface area contributed by atoms with Crippen LogP contribution >= 0.6 is 0 Å². The highest BCUT2D eigenvalue weighted by atomic mass is 16.5. The van der Waals surface area contributed by atoms with Crippen LogP contribution in [-0.2, 0) is 4.74 Å². The molecule has 0 aliphatic carbocycles. The van der Waals surface area contributed by atoms with Crippen molar-refractivity contribution in [3.8, 4) is 5.75 Å². The first-order valence-electron chi connectivity index (χ1n) is 7.02. The second kappa shape index (κ2) is 6.07. The number of rotatable bonds is 2. The normalized spacial score (nSPS) is 14.9. The molecule has 0 spiro atoms. The monoisotopic (exact) mass is 303 g/mol. The molecule has 1 aliphatic rings. The maximum absolute atomic E-state index is 12.5. The fraction of sp³-hybridized carbons (Fsp3) is 0.333. The van der Waals surface area contributed by atoms with Crippen LogP contribution in [0, 0.1) is 0 Å². The summed E-state index contributed by atoms with van der Waals surface area (Å²) in [6.45, 7) is 2.06. The summed E-state index contributed by atoms with van der Waals surface area (Å²) >= 11 is 0. The van der Waals surface area contributed by atoms with Gasteiger partial charge in [0.2, 0.25) is 5.43 Å². The molecule has 1 saturated heterocycles. The molecule has 1 aromatic carbocycles. The van der Waals surface area contributed by atoms with E-state index in [2.05, 4.69) is 10.3 Å². The lowest BCUT2D eigenvalue weighted by Crippen LogP contribution is -2.43. The van der Waals surface area contributed by atoms with E-state index in [4.69, 9.17) is 9.47 Å². The number of hydrogen-bond acceptors (Lipinski definition) is 4. The van der Waals surface area contributed by atoms with Crippen molar-refractivity contribution in [2.75, 3.05) is 38.7 Å². The highest BCUT2D eigenvalue weighted by Gasteiger charge is 2.18. The zero-order valence-electron chi connectivity index (χ0n) is 12.2. The Labute approximate surface area is 126 Å². The molecule has 0 bridgehead atoms. The quantitative estimate of drug-likeness (QED) is 0.878. The van der Waals surface area contributed by atoms with Gasteiger partial charge in [-0.25, -0.2) is 4.79 Å². The van der Waals surface area contributed by atoms with Gasteiger partial charge in [0.05, 0.1) is 25.7 Å². The maximum atomic E-state index is 12.5. The number of ether oxygens (including phenoxy) is 2. The minimum atomic E-state index is -0.295. The summed E-state index contributed by atoms with van der Waals surface area (Å²) in [7, 11) is 1.54. The Bertz CT molecular complexity index is 750. The van der Waals surface area contributed by atoms with Gasteiger partial charge in [-0.1, -0.05) is 0 Å². The summed E-state index contributed by atoms with van der Waals surface area (Å²) in [5, 5.41) is 3.13. The number of carbonyl (C=O) groups excluding carboxylic acids is 1. The van der Waals surface area contributed by atoms with Crippen molar-refractivity contribution in [2.45, 2.75) is 0 Å². The van der Waals surface area contributed by atoms with Crippen LogP contribution < -0.4 is 15.5 Å². The summed E-state index contributed by atoms with van der Waals surface area (Å²) in [5.41, 5.74) is 0.668. The highest BCUT2D eigenvalue weighted by Crippen LogP contribution is 2.18. The van der Waals surface area contributed by atoms with Gasteiger partial charge in [0.1, 0.15) is 11.4 Å². The number of carbonyl (C=O) groups is 1. The third-order valence-corrected chi connectivity index (χ3v) is 3.63. The van der Waals surface area contributed by atoms with E-state index in [0.29, 0.717) is 43.0 Å². The average Bonchev–Trinajstić information content (AvgIpc) is 2.58. The minimum Gasteiger partial charge on any atom is -0.497 e. The number of aromatic nitrogens is 1. The van der Waals surface area contributed by atoms with E-state index in [1.165, 1.54) is 6.20 Å². The summed E-state index contributed by atoms with van der Waals surface area (Å²) in [5.74, 6) is 0.592. The molecule has 0 radical (unpaired) electrons. The Hall–Kier alpha value is -2.54. The number of nitrogens with one attached hydrogen (secondary N) is 2. The van der Waals surface area contributed by atoms with Gasteiger partial charge in [-0.15, -0.1) is 0 Å². The van der Waals surface area contributed by atoms with Gasteiger partial charge in [0, 0.05) is 24.8 Å². The Morgan fingerprint density at radius 1 is 1.36 bits per heavy atom. The molecule has 3 rings (SSSR count). The molecule has 7 heteroatoms.